The molecule has 5 heteroatoms. The number of hydrogen-bond donors (Lipinski definition) is 1. The Morgan fingerprint density at radius 3 is 2.74 bits per heavy atom. The monoisotopic (exact) mass is 385 g/mol. The van der Waals surface area contributed by atoms with Gasteiger partial charge in [-0.1, -0.05) is 23.7 Å². The van der Waals surface area contributed by atoms with Crippen LogP contribution in [-0.4, -0.2) is 12.2 Å². The third kappa shape index (κ3) is 3.54. The molecule has 0 saturated carbocycles. The van der Waals surface area contributed by atoms with Gasteiger partial charge in [0, 0.05) is 19.8 Å². The first kappa shape index (κ1) is 14.0. The van der Waals surface area contributed by atoms with Crippen LogP contribution in [0.1, 0.15) is 20.7 Å². The van der Waals surface area contributed by atoms with E-state index >= 15 is 0 Å². The van der Waals surface area contributed by atoms with Crippen LogP contribution in [0.5, 0.6) is 0 Å². The van der Waals surface area contributed by atoms with Crippen molar-refractivity contribution < 1.29 is 9.59 Å². The Bertz CT molecular complexity index is 643. The number of carbonyl (C=O) groups excluding carboxylic acids is 2. The highest BCUT2D eigenvalue weighted by molar-refractivity contribution is 14.1. The summed E-state index contributed by atoms with van der Waals surface area (Å²) in [6.07, 6.45) is 0.735. The molecular formula is C14H9ClINO2. The highest BCUT2D eigenvalue weighted by atomic mass is 127. The van der Waals surface area contributed by atoms with E-state index in [1.54, 1.807) is 42.5 Å². The fourth-order valence-electron chi connectivity index (χ4n) is 1.56. The molecule has 0 radical (unpaired) electrons. The van der Waals surface area contributed by atoms with Crippen LogP contribution in [-0.2, 0) is 0 Å². The Morgan fingerprint density at radius 2 is 2.00 bits per heavy atom. The van der Waals surface area contributed by atoms with Crippen LogP contribution < -0.4 is 5.32 Å². The highest BCUT2D eigenvalue weighted by Gasteiger charge is 2.11. The number of aldehydes is 1. The van der Waals surface area contributed by atoms with Crippen LogP contribution in [0.2, 0.25) is 5.02 Å². The average molecular weight is 386 g/mol. The molecule has 96 valence electrons. The minimum atomic E-state index is -0.255. The van der Waals surface area contributed by atoms with Crippen molar-refractivity contribution in [2.45, 2.75) is 0 Å². The molecule has 0 heterocycles. The van der Waals surface area contributed by atoms with E-state index in [4.69, 9.17) is 11.6 Å². The van der Waals surface area contributed by atoms with Crippen LogP contribution >= 0.6 is 34.2 Å². The van der Waals surface area contributed by atoms with Gasteiger partial charge in [-0.25, -0.2) is 0 Å². The summed E-state index contributed by atoms with van der Waals surface area (Å²) in [6, 6.07) is 11.8. The number of amides is 1. The SMILES string of the molecule is O=Cc1cccc(NC(=O)c2cc(Cl)ccc2I)c1. The van der Waals surface area contributed by atoms with E-state index in [2.05, 4.69) is 27.9 Å². The van der Waals surface area contributed by atoms with Gasteiger partial charge in [0.15, 0.2) is 0 Å². The zero-order valence-electron chi connectivity index (χ0n) is 9.69. The Hall–Kier alpha value is -1.40. The molecule has 0 aliphatic rings. The second kappa shape index (κ2) is 6.16. The Balaban J connectivity index is 2.25. The molecule has 0 spiro atoms. The summed E-state index contributed by atoms with van der Waals surface area (Å²) in [5, 5.41) is 3.25. The molecule has 2 aromatic carbocycles. The fraction of sp³-hybridized carbons (Fsp3) is 0. The van der Waals surface area contributed by atoms with Gasteiger partial charge in [-0.3, -0.25) is 9.59 Å². The number of benzene rings is 2. The van der Waals surface area contributed by atoms with E-state index in [0.717, 1.165) is 9.86 Å². The lowest BCUT2D eigenvalue weighted by Crippen LogP contribution is -2.13. The molecule has 3 nitrogen and oxygen atoms in total. The van der Waals surface area contributed by atoms with Crippen molar-refractivity contribution >= 4 is 52.1 Å². The van der Waals surface area contributed by atoms with Gasteiger partial charge >= 0.3 is 0 Å². The molecule has 0 atom stereocenters. The first-order valence-corrected chi connectivity index (χ1v) is 6.87. The second-order valence-corrected chi connectivity index (χ2v) is 5.42. The third-order valence-electron chi connectivity index (χ3n) is 2.45. The minimum Gasteiger partial charge on any atom is -0.322 e. The molecule has 0 unspecified atom stereocenters. The zero-order chi connectivity index (χ0) is 13.8. The van der Waals surface area contributed by atoms with Crippen molar-refractivity contribution in [1.29, 1.82) is 0 Å². The topological polar surface area (TPSA) is 46.2 Å². The first-order valence-electron chi connectivity index (χ1n) is 5.42. The Kier molecular flexibility index (Phi) is 4.55. The summed E-state index contributed by atoms with van der Waals surface area (Å²) in [7, 11) is 0. The molecule has 0 fully saturated rings. The van der Waals surface area contributed by atoms with Gasteiger partial charge in [-0.05, 0) is 52.9 Å². The third-order valence-corrected chi connectivity index (χ3v) is 3.63. The molecule has 1 N–H and O–H groups in total. The molecule has 0 aliphatic heterocycles. The lowest BCUT2D eigenvalue weighted by atomic mass is 10.2. The second-order valence-electron chi connectivity index (χ2n) is 3.82. The van der Waals surface area contributed by atoms with Crippen molar-refractivity contribution in [3.63, 3.8) is 0 Å². The number of rotatable bonds is 3. The van der Waals surface area contributed by atoms with Crippen LogP contribution in [0.25, 0.3) is 0 Å². The van der Waals surface area contributed by atoms with Gasteiger partial charge in [-0.2, -0.15) is 0 Å². The zero-order valence-corrected chi connectivity index (χ0v) is 12.6. The predicted molar refractivity (Wildman–Crippen MR) is 84.0 cm³/mol. The van der Waals surface area contributed by atoms with Gasteiger partial charge in [0.2, 0.25) is 0 Å². The summed E-state index contributed by atoms with van der Waals surface area (Å²) in [5.41, 5.74) is 1.59. The number of nitrogens with one attached hydrogen (secondary N) is 1. The summed E-state index contributed by atoms with van der Waals surface area (Å²) in [5.74, 6) is -0.255. The van der Waals surface area contributed by atoms with E-state index in [9.17, 15) is 9.59 Å². The normalized spacial score (nSPS) is 10.0. The van der Waals surface area contributed by atoms with Crippen LogP contribution in [0.4, 0.5) is 5.69 Å². The van der Waals surface area contributed by atoms with Crippen LogP contribution in [0.15, 0.2) is 42.5 Å². The predicted octanol–water partition coefficient (Wildman–Crippen LogP) is 4.01. The van der Waals surface area contributed by atoms with E-state index in [0.29, 0.717) is 21.8 Å². The lowest BCUT2D eigenvalue weighted by Gasteiger charge is -2.07. The van der Waals surface area contributed by atoms with E-state index in [-0.39, 0.29) is 5.91 Å². The van der Waals surface area contributed by atoms with Gasteiger partial charge in [0.05, 0.1) is 5.56 Å². The van der Waals surface area contributed by atoms with E-state index < -0.39 is 0 Å². The summed E-state index contributed by atoms with van der Waals surface area (Å²) in [4.78, 5) is 22.8. The number of hydrogen-bond acceptors (Lipinski definition) is 2. The number of carbonyl (C=O) groups is 2. The van der Waals surface area contributed by atoms with Gasteiger partial charge in [0.25, 0.3) is 5.91 Å². The van der Waals surface area contributed by atoms with Gasteiger partial charge in [0.1, 0.15) is 6.29 Å². The first-order chi connectivity index (χ1) is 9.10. The van der Waals surface area contributed by atoms with Crippen molar-refractivity contribution in [3.05, 3.63) is 62.2 Å². The standard InChI is InChI=1S/C14H9ClINO2/c15-10-4-5-13(16)12(7-10)14(19)17-11-3-1-2-9(6-11)8-18/h1-8H,(H,17,19). The average Bonchev–Trinajstić information content (AvgIpc) is 2.41. The summed E-state index contributed by atoms with van der Waals surface area (Å²) < 4.78 is 0.811. The minimum absolute atomic E-state index is 0.255. The van der Waals surface area contributed by atoms with Crippen LogP contribution in [0.3, 0.4) is 0 Å². The van der Waals surface area contributed by atoms with Crippen molar-refractivity contribution in [3.8, 4) is 0 Å². The maximum atomic E-state index is 12.1. The van der Waals surface area contributed by atoms with E-state index in [1.807, 2.05) is 0 Å². The molecule has 0 bridgehead atoms. The Labute approximate surface area is 129 Å². The molecule has 2 aromatic rings. The highest BCUT2D eigenvalue weighted by Crippen LogP contribution is 2.19. The molecule has 0 aliphatic carbocycles. The molecule has 19 heavy (non-hydrogen) atoms. The molecule has 0 saturated heterocycles. The number of anilines is 1. The van der Waals surface area contributed by atoms with Crippen molar-refractivity contribution in [2.24, 2.45) is 0 Å². The lowest BCUT2D eigenvalue weighted by molar-refractivity contribution is 0.102. The Morgan fingerprint density at radius 1 is 1.21 bits per heavy atom. The molecule has 2 rings (SSSR count). The quantitative estimate of drug-likeness (QED) is 0.641. The molecule has 0 aromatic heterocycles. The molecule has 1 amide bonds. The van der Waals surface area contributed by atoms with Crippen LogP contribution in [0, 0.1) is 3.57 Å². The smallest absolute Gasteiger partial charge is 0.256 e. The van der Waals surface area contributed by atoms with E-state index in [1.165, 1.54) is 0 Å². The maximum absolute atomic E-state index is 12.1. The van der Waals surface area contributed by atoms with Crippen molar-refractivity contribution in [1.82, 2.24) is 0 Å². The number of halogens is 2. The van der Waals surface area contributed by atoms with Gasteiger partial charge in [-0.15, -0.1) is 0 Å². The largest absolute Gasteiger partial charge is 0.322 e. The summed E-state index contributed by atoms with van der Waals surface area (Å²) >= 11 is 7.96. The summed E-state index contributed by atoms with van der Waals surface area (Å²) in [6.45, 7) is 0. The fourth-order valence-corrected chi connectivity index (χ4v) is 2.31. The maximum Gasteiger partial charge on any atom is 0.256 e. The van der Waals surface area contributed by atoms with Crippen molar-refractivity contribution in [2.75, 3.05) is 5.32 Å². The molecular weight excluding hydrogens is 377 g/mol. The van der Waals surface area contributed by atoms with Gasteiger partial charge < -0.3 is 5.32 Å².